The number of nitro groups is 2. The molecule has 0 atom stereocenters. The fraction of sp³-hybridized carbons (Fsp3) is 0. The monoisotopic (exact) mass is 190 g/mol. The van der Waals surface area contributed by atoms with Crippen molar-refractivity contribution in [3.63, 3.8) is 0 Å². The highest BCUT2D eigenvalue weighted by molar-refractivity contribution is 5.09. The Hall–Kier alpha value is -2.46. The zero-order valence-electron chi connectivity index (χ0n) is 5.85. The first-order chi connectivity index (χ1) is 5.95. The lowest BCUT2D eigenvalue weighted by Gasteiger charge is -1.88. The van der Waals surface area contributed by atoms with Crippen molar-refractivity contribution in [3.8, 4) is 0 Å². The molecule has 1 rings (SSSR count). The summed E-state index contributed by atoms with van der Waals surface area (Å²) in [5.74, 6) is 3.61. The molecule has 0 bridgehead atoms. The Labute approximate surface area is 68.2 Å². The molecule has 11 heteroatoms. The van der Waals surface area contributed by atoms with Crippen LogP contribution in [-0.4, -0.2) is 24.8 Å². The summed E-state index contributed by atoms with van der Waals surface area (Å²) in [5.41, 5.74) is -1.49. The van der Waals surface area contributed by atoms with E-state index in [2.05, 4.69) is 5.10 Å². The van der Waals surface area contributed by atoms with Crippen LogP contribution in [0.15, 0.2) is 4.79 Å². The second-order valence-electron chi connectivity index (χ2n) is 1.83. The number of nitrogens with zero attached hydrogens (tertiary/aromatic N) is 5. The van der Waals surface area contributed by atoms with Crippen LogP contribution in [0.5, 0.6) is 0 Å². The van der Waals surface area contributed by atoms with E-state index in [0.717, 1.165) is 0 Å². The summed E-state index contributed by atoms with van der Waals surface area (Å²) in [6, 6.07) is 0. The van der Waals surface area contributed by atoms with Crippen molar-refractivity contribution < 1.29 is 9.96 Å². The number of nitrogen functional groups attached to an aromatic ring is 1. The second kappa shape index (κ2) is 2.54. The molecule has 1 aromatic rings. The van der Waals surface area contributed by atoms with Gasteiger partial charge in [0.15, 0.2) is 4.91 Å². The maximum atomic E-state index is 10.8. The van der Waals surface area contributed by atoms with Gasteiger partial charge in [-0.1, -0.05) is 0 Å². The van der Waals surface area contributed by atoms with Gasteiger partial charge in [0.2, 0.25) is 5.10 Å². The maximum Gasteiger partial charge on any atom is 0.490 e. The number of nitrogens with two attached hydrogens (primary N) is 1. The summed E-state index contributed by atoms with van der Waals surface area (Å²) >= 11 is 0. The SMILES string of the molecule is Nn1nc([N+](=O)[O-])c(=O)n1[N+](=O)[O-]. The van der Waals surface area contributed by atoms with Crippen molar-refractivity contribution in [1.82, 2.24) is 14.8 Å². The Morgan fingerprint density at radius 1 is 1.38 bits per heavy atom. The third kappa shape index (κ3) is 1.17. The van der Waals surface area contributed by atoms with Gasteiger partial charge in [0.05, 0.1) is 5.03 Å². The summed E-state index contributed by atoms with van der Waals surface area (Å²) in [4.78, 5) is 29.5. The average molecular weight is 190 g/mol. The predicted molar refractivity (Wildman–Crippen MR) is 35.7 cm³/mol. The highest BCUT2D eigenvalue weighted by Gasteiger charge is 2.31. The standard InChI is InChI=1S/C2H2N6O5/c3-7-4-1(6(10)11)2(9)5(7)8(12)13/h3H2. The Bertz CT molecular complexity index is 427. The molecule has 11 nitrogen and oxygen atoms in total. The molecule has 0 saturated heterocycles. The van der Waals surface area contributed by atoms with Crippen LogP contribution in [0.1, 0.15) is 0 Å². The van der Waals surface area contributed by atoms with Crippen molar-refractivity contribution >= 4 is 5.82 Å². The van der Waals surface area contributed by atoms with E-state index < -0.39 is 21.3 Å². The van der Waals surface area contributed by atoms with Gasteiger partial charge in [-0.3, -0.25) is 4.79 Å². The highest BCUT2D eigenvalue weighted by Crippen LogP contribution is 1.95. The van der Waals surface area contributed by atoms with Crippen LogP contribution in [0, 0.1) is 20.2 Å². The lowest BCUT2D eigenvalue weighted by molar-refractivity contribution is -0.561. The minimum atomic E-state index is -1.49. The van der Waals surface area contributed by atoms with Crippen LogP contribution in [0.4, 0.5) is 5.82 Å². The molecule has 0 aliphatic rings. The number of hydrogen-bond donors (Lipinski definition) is 1. The summed E-state index contributed by atoms with van der Waals surface area (Å²) in [7, 11) is 0. The van der Waals surface area contributed by atoms with E-state index in [1.165, 1.54) is 0 Å². The molecule has 0 aliphatic carbocycles. The third-order valence-electron chi connectivity index (χ3n) is 1.09. The van der Waals surface area contributed by atoms with Crippen LogP contribution in [0.3, 0.4) is 0 Å². The summed E-state index contributed by atoms with van der Waals surface area (Å²) in [6.07, 6.45) is 0. The average Bonchev–Trinajstić information content (AvgIpc) is 2.26. The lowest BCUT2D eigenvalue weighted by Crippen LogP contribution is -2.33. The van der Waals surface area contributed by atoms with E-state index in [1.807, 2.05) is 0 Å². The largest absolute Gasteiger partial charge is 0.490 e. The van der Waals surface area contributed by atoms with Gasteiger partial charge in [-0.2, -0.15) is 0 Å². The first-order valence-corrected chi connectivity index (χ1v) is 2.71. The van der Waals surface area contributed by atoms with E-state index in [0.29, 0.717) is 0 Å². The van der Waals surface area contributed by atoms with Gasteiger partial charge in [0, 0.05) is 0 Å². The normalized spacial score (nSPS) is 9.85. The summed E-state index contributed by atoms with van der Waals surface area (Å²) in [5, 5.41) is 21.7. The van der Waals surface area contributed by atoms with Gasteiger partial charge in [0.25, 0.3) is 0 Å². The molecule has 0 unspecified atom stereocenters. The second-order valence-corrected chi connectivity index (χ2v) is 1.83. The quantitative estimate of drug-likeness (QED) is 0.312. The Balaban J connectivity index is 3.49. The van der Waals surface area contributed by atoms with Crippen LogP contribution in [0.2, 0.25) is 0 Å². The molecular formula is C2H2N6O5. The van der Waals surface area contributed by atoms with E-state index in [9.17, 15) is 25.0 Å². The van der Waals surface area contributed by atoms with Crippen LogP contribution in [0.25, 0.3) is 0 Å². The zero-order chi connectivity index (χ0) is 10.2. The van der Waals surface area contributed by atoms with E-state index in [1.54, 1.807) is 0 Å². The minimum Gasteiger partial charge on any atom is -0.358 e. The zero-order valence-corrected chi connectivity index (χ0v) is 5.85. The molecule has 0 aliphatic heterocycles. The topological polar surface area (TPSA) is 152 Å². The molecule has 0 amide bonds. The summed E-state index contributed by atoms with van der Waals surface area (Å²) in [6.45, 7) is 0. The molecule has 0 spiro atoms. The highest BCUT2D eigenvalue weighted by atomic mass is 16.7. The van der Waals surface area contributed by atoms with Crippen LogP contribution < -0.4 is 11.4 Å². The van der Waals surface area contributed by atoms with Gasteiger partial charge >= 0.3 is 11.4 Å². The van der Waals surface area contributed by atoms with Gasteiger partial charge < -0.3 is 20.2 Å². The molecule has 0 saturated carbocycles. The molecule has 0 radical (unpaired) electrons. The molecule has 0 fully saturated rings. The van der Waals surface area contributed by atoms with Crippen LogP contribution >= 0.6 is 0 Å². The van der Waals surface area contributed by atoms with Gasteiger partial charge in [-0.25, -0.2) is 5.84 Å². The van der Waals surface area contributed by atoms with Crippen LogP contribution in [-0.2, 0) is 0 Å². The fourth-order valence-electron chi connectivity index (χ4n) is 0.628. The Morgan fingerprint density at radius 3 is 2.15 bits per heavy atom. The Kier molecular flexibility index (Phi) is 1.69. The molecule has 0 aromatic carbocycles. The van der Waals surface area contributed by atoms with Gasteiger partial charge in [-0.15, -0.1) is 0 Å². The van der Waals surface area contributed by atoms with Gasteiger partial charge in [0.1, 0.15) is 4.79 Å². The first kappa shape index (κ1) is 8.63. The maximum absolute atomic E-state index is 10.8. The van der Waals surface area contributed by atoms with Crippen molar-refractivity contribution in [2.24, 2.45) is 0 Å². The molecule has 70 valence electrons. The minimum absolute atomic E-state index is 0.0134. The van der Waals surface area contributed by atoms with Crippen molar-refractivity contribution in [3.05, 3.63) is 30.6 Å². The molecule has 1 aromatic heterocycles. The van der Waals surface area contributed by atoms with Gasteiger partial charge in [-0.05, 0) is 4.92 Å². The third-order valence-corrected chi connectivity index (χ3v) is 1.09. The lowest BCUT2D eigenvalue weighted by atomic mass is 10.8. The number of aromatic nitrogens is 3. The molecule has 1 heterocycles. The number of hydrogen-bond acceptors (Lipinski definition) is 7. The van der Waals surface area contributed by atoms with Crippen molar-refractivity contribution in [2.75, 3.05) is 5.84 Å². The van der Waals surface area contributed by atoms with Crippen molar-refractivity contribution in [2.45, 2.75) is 0 Å². The van der Waals surface area contributed by atoms with E-state index in [4.69, 9.17) is 5.84 Å². The molecular weight excluding hydrogens is 188 g/mol. The Morgan fingerprint density at radius 2 is 1.92 bits per heavy atom. The predicted octanol–water partition coefficient (Wildman–Crippen LogP) is -2.29. The smallest absolute Gasteiger partial charge is 0.358 e. The molecule has 13 heavy (non-hydrogen) atoms. The number of rotatable bonds is 2. The summed E-state index contributed by atoms with van der Waals surface area (Å²) < 4.78 is 0. The fourth-order valence-corrected chi connectivity index (χ4v) is 0.628. The van der Waals surface area contributed by atoms with E-state index >= 15 is 0 Å². The molecule has 2 N–H and O–H groups in total. The van der Waals surface area contributed by atoms with Crippen molar-refractivity contribution in [1.29, 1.82) is 0 Å². The first-order valence-electron chi connectivity index (χ1n) is 2.71. The van der Waals surface area contributed by atoms with E-state index in [-0.39, 0.29) is 9.70 Å².